The number of benzene rings is 2. The summed E-state index contributed by atoms with van der Waals surface area (Å²) in [6, 6.07) is 17.5. The zero-order valence-electron chi connectivity index (χ0n) is 14.3. The van der Waals surface area contributed by atoms with Crippen LogP contribution in [-0.2, 0) is 4.79 Å². The van der Waals surface area contributed by atoms with Crippen molar-refractivity contribution in [1.82, 2.24) is 14.5 Å². The van der Waals surface area contributed by atoms with Gasteiger partial charge < -0.3 is 5.32 Å². The molecule has 0 fully saturated rings. The van der Waals surface area contributed by atoms with Crippen LogP contribution in [-0.4, -0.2) is 20.4 Å². The number of aryl methyl sites for hydroxylation is 1. The lowest BCUT2D eigenvalue weighted by Crippen LogP contribution is -2.11. The van der Waals surface area contributed by atoms with Crippen molar-refractivity contribution in [3.05, 3.63) is 59.7 Å². The highest BCUT2D eigenvalue weighted by molar-refractivity contribution is 5.99. The van der Waals surface area contributed by atoms with Gasteiger partial charge in [0.25, 0.3) is 0 Å². The van der Waals surface area contributed by atoms with Gasteiger partial charge in [-0.1, -0.05) is 29.8 Å². The minimum absolute atomic E-state index is 0.262. The molecular formula is C20H15N5O. The maximum absolute atomic E-state index is 11.8. The first-order valence-corrected chi connectivity index (χ1v) is 8.14. The molecule has 1 amide bonds. The molecule has 2 aromatic heterocycles. The van der Waals surface area contributed by atoms with Gasteiger partial charge in [0.15, 0.2) is 5.65 Å². The number of para-hydroxylation sites is 2. The molecule has 26 heavy (non-hydrogen) atoms. The summed E-state index contributed by atoms with van der Waals surface area (Å²) in [5.74, 6) is 0.122. The smallest absolute Gasteiger partial charge is 0.222 e. The first-order valence-electron chi connectivity index (χ1n) is 8.14. The Kier molecular flexibility index (Phi) is 3.63. The fraction of sp³-hybridized carbons (Fsp3) is 0.100. The highest BCUT2D eigenvalue weighted by Gasteiger charge is 2.22. The number of hydrogen-bond acceptors (Lipinski definition) is 4. The monoisotopic (exact) mass is 341 g/mol. The van der Waals surface area contributed by atoms with E-state index in [0.717, 1.165) is 16.8 Å². The molecule has 4 aromatic rings. The molecule has 0 radical (unpaired) electrons. The van der Waals surface area contributed by atoms with E-state index in [1.54, 1.807) is 4.57 Å². The van der Waals surface area contributed by atoms with Crippen molar-refractivity contribution >= 4 is 33.9 Å². The summed E-state index contributed by atoms with van der Waals surface area (Å²) >= 11 is 0. The van der Waals surface area contributed by atoms with Gasteiger partial charge in [0.2, 0.25) is 5.91 Å². The van der Waals surface area contributed by atoms with Crippen molar-refractivity contribution in [3.63, 3.8) is 0 Å². The molecule has 6 nitrogen and oxygen atoms in total. The van der Waals surface area contributed by atoms with Crippen LogP contribution in [0, 0.1) is 18.3 Å². The van der Waals surface area contributed by atoms with Crippen molar-refractivity contribution in [2.24, 2.45) is 0 Å². The number of carbonyl (C=O) groups excluding carboxylic acids is 1. The first-order chi connectivity index (χ1) is 12.6. The molecule has 0 atom stereocenters. The summed E-state index contributed by atoms with van der Waals surface area (Å²) < 4.78 is 1.77. The number of hydrogen-bond donors (Lipinski definition) is 1. The van der Waals surface area contributed by atoms with Crippen molar-refractivity contribution in [2.75, 3.05) is 5.32 Å². The number of amides is 1. The maximum atomic E-state index is 11.8. The van der Waals surface area contributed by atoms with E-state index >= 15 is 0 Å². The summed E-state index contributed by atoms with van der Waals surface area (Å²) in [7, 11) is 0. The van der Waals surface area contributed by atoms with Gasteiger partial charge >= 0.3 is 0 Å². The predicted molar refractivity (Wildman–Crippen MR) is 100 cm³/mol. The first kappa shape index (κ1) is 15.8. The average Bonchev–Trinajstić information content (AvgIpc) is 2.92. The molecule has 0 saturated carbocycles. The Hall–Kier alpha value is -3.72. The molecule has 2 heterocycles. The molecule has 0 aliphatic rings. The third-order valence-corrected chi connectivity index (χ3v) is 4.16. The molecule has 126 valence electrons. The van der Waals surface area contributed by atoms with Crippen LogP contribution in [0.15, 0.2) is 48.5 Å². The molecule has 0 bridgehead atoms. The molecule has 0 saturated heterocycles. The fourth-order valence-electron chi connectivity index (χ4n) is 2.98. The number of nitrogens with one attached hydrogen (secondary N) is 1. The van der Waals surface area contributed by atoms with Gasteiger partial charge in [-0.15, -0.1) is 0 Å². The molecule has 2 aromatic carbocycles. The highest BCUT2D eigenvalue weighted by atomic mass is 16.1. The van der Waals surface area contributed by atoms with Crippen LogP contribution in [0.25, 0.3) is 27.9 Å². The minimum Gasteiger partial charge on any atom is -0.311 e. The Bertz CT molecular complexity index is 1200. The standard InChI is InChI=1S/C20H15N5O/c1-12-7-9-14(10-8-12)25-19(22-13(2)26)15(11-21)18-20(25)24-17-6-4-3-5-16(17)23-18/h3-10H,1-2H3,(H,22,26). The zero-order valence-corrected chi connectivity index (χ0v) is 14.3. The van der Waals surface area contributed by atoms with E-state index in [9.17, 15) is 10.1 Å². The van der Waals surface area contributed by atoms with Gasteiger partial charge in [-0.2, -0.15) is 5.26 Å². The molecule has 1 N–H and O–H groups in total. The molecule has 0 unspecified atom stereocenters. The molecule has 0 spiro atoms. The van der Waals surface area contributed by atoms with E-state index in [1.165, 1.54) is 6.92 Å². The number of aromatic nitrogens is 3. The van der Waals surface area contributed by atoms with E-state index in [2.05, 4.69) is 16.4 Å². The van der Waals surface area contributed by atoms with E-state index in [1.807, 2.05) is 55.5 Å². The summed E-state index contributed by atoms with van der Waals surface area (Å²) in [5, 5.41) is 12.5. The molecular weight excluding hydrogens is 326 g/mol. The highest BCUT2D eigenvalue weighted by Crippen LogP contribution is 2.32. The lowest BCUT2D eigenvalue weighted by Gasteiger charge is -2.11. The fourth-order valence-corrected chi connectivity index (χ4v) is 2.98. The van der Waals surface area contributed by atoms with Crippen LogP contribution < -0.4 is 5.32 Å². The van der Waals surface area contributed by atoms with E-state index < -0.39 is 0 Å². The van der Waals surface area contributed by atoms with Gasteiger partial charge in [-0.25, -0.2) is 9.97 Å². The van der Waals surface area contributed by atoms with Crippen LogP contribution in [0.2, 0.25) is 0 Å². The molecule has 6 heteroatoms. The lowest BCUT2D eigenvalue weighted by atomic mass is 10.2. The second kappa shape index (κ2) is 5.97. The minimum atomic E-state index is -0.262. The summed E-state index contributed by atoms with van der Waals surface area (Å²) in [4.78, 5) is 21.1. The number of nitrogens with zero attached hydrogens (tertiary/aromatic N) is 4. The van der Waals surface area contributed by atoms with Crippen molar-refractivity contribution in [3.8, 4) is 11.8 Å². The second-order valence-corrected chi connectivity index (χ2v) is 6.07. The summed E-state index contributed by atoms with van der Waals surface area (Å²) in [6.07, 6.45) is 0. The van der Waals surface area contributed by atoms with Gasteiger partial charge in [0.05, 0.1) is 11.0 Å². The largest absolute Gasteiger partial charge is 0.311 e. The predicted octanol–water partition coefficient (Wildman–Crippen LogP) is 3.71. The summed E-state index contributed by atoms with van der Waals surface area (Å²) in [6.45, 7) is 3.41. The SMILES string of the molecule is CC(=O)Nc1c(C#N)c2nc3ccccc3nc2n1-c1ccc(C)cc1. The van der Waals surface area contributed by atoms with Crippen molar-refractivity contribution < 1.29 is 4.79 Å². The van der Waals surface area contributed by atoms with Crippen molar-refractivity contribution in [2.45, 2.75) is 13.8 Å². The zero-order chi connectivity index (χ0) is 18.3. The van der Waals surface area contributed by atoms with Crippen molar-refractivity contribution in [1.29, 1.82) is 5.26 Å². The van der Waals surface area contributed by atoms with Gasteiger partial charge in [-0.05, 0) is 31.2 Å². The average molecular weight is 341 g/mol. The van der Waals surface area contributed by atoms with Gasteiger partial charge in [0, 0.05) is 12.6 Å². The number of rotatable bonds is 2. The Labute approximate surface area is 149 Å². The van der Waals surface area contributed by atoms with Crippen LogP contribution in [0.4, 0.5) is 5.82 Å². The van der Waals surface area contributed by atoms with E-state index in [4.69, 9.17) is 4.98 Å². The second-order valence-electron chi connectivity index (χ2n) is 6.07. The van der Waals surface area contributed by atoms with Crippen LogP contribution >= 0.6 is 0 Å². The van der Waals surface area contributed by atoms with Gasteiger partial charge in [-0.3, -0.25) is 9.36 Å². The molecule has 0 aliphatic heterocycles. The van der Waals surface area contributed by atoms with E-state index in [0.29, 0.717) is 28.1 Å². The Morgan fingerprint density at radius 1 is 1.08 bits per heavy atom. The lowest BCUT2D eigenvalue weighted by molar-refractivity contribution is -0.114. The Morgan fingerprint density at radius 3 is 2.35 bits per heavy atom. The quantitative estimate of drug-likeness (QED) is 0.602. The van der Waals surface area contributed by atoms with Gasteiger partial charge in [0.1, 0.15) is 23.0 Å². The topological polar surface area (TPSA) is 83.6 Å². The number of anilines is 1. The summed E-state index contributed by atoms with van der Waals surface area (Å²) in [5.41, 5.74) is 4.65. The third-order valence-electron chi connectivity index (χ3n) is 4.16. The van der Waals surface area contributed by atoms with Crippen LogP contribution in [0.5, 0.6) is 0 Å². The molecule has 4 rings (SSSR count). The van der Waals surface area contributed by atoms with E-state index in [-0.39, 0.29) is 5.91 Å². The number of fused-ring (bicyclic) bond motifs is 2. The maximum Gasteiger partial charge on any atom is 0.222 e. The van der Waals surface area contributed by atoms with Crippen LogP contribution in [0.1, 0.15) is 18.1 Å². The normalized spacial score (nSPS) is 10.8. The number of carbonyl (C=O) groups is 1. The number of nitriles is 1. The molecule has 0 aliphatic carbocycles. The van der Waals surface area contributed by atoms with Crippen LogP contribution in [0.3, 0.4) is 0 Å². The Balaban J connectivity index is 2.15. The Morgan fingerprint density at radius 2 is 1.73 bits per heavy atom. The third kappa shape index (κ3) is 2.47.